The molecule has 10 nitrogen and oxygen atoms in total. The summed E-state index contributed by atoms with van der Waals surface area (Å²) in [5, 5.41) is 9.67. The second kappa shape index (κ2) is 12.0. The van der Waals surface area contributed by atoms with Crippen molar-refractivity contribution in [3.63, 3.8) is 0 Å². The van der Waals surface area contributed by atoms with Crippen molar-refractivity contribution in [2.75, 3.05) is 12.8 Å². The number of hydrogen-bond acceptors (Lipinski definition) is 9. The highest BCUT2D eigenvalue weighted by atomic mass is 35.5. The van der Waals surface area contributed by atoms with E-state index in [0.29, 0.717) is 5.56 Å². The summed E-state index contributed by atoms with van der Waals surface area (Å²) >= 11 is 11.5. The maximum atomic E-state index is 13.7. The third-order valence-corrected chi connectivity index (χ3v) is 8.31. The first-order chi connectivity index (χ1) is 16.9. The number of carbonyl (C=O) groups is 1. The van der Waals surface area contributed by atoms with E-state index >= 15 is 0 Å². The Morgan fingerprint density at radius 2 is 1.97 bits per heavy atom. The number of ether oxygens (including phenoxy) is 2. The Bertz CT molecular complexity index is 1220. The summed E-state index contributed by atoms with van der Waals surface area (Å²) < 4.78 is 37.6. The molecule has 1 saturated heterocycles. The van der Waals surface area contributed by atoms with Gasteiger partial charge >= 0.3 is 19.3 Å². The summed E-state index contributed by atoms with van der Waals surface area (Å²) in [7, 11) is -3.93. The Morgan fingerprint density at radius 1 is 1.31 bits per heavy atom. The van der Waals surface area contributed by atoms with Crippen molar-refractivity contribution < 1.29 is 33.0 Å². The van der Waals surface area contributed by atoms with Crippen molar-refractivity contribution in [1.29, 1.82) is 0 Å². The van der Waals surface area contributed by atoms with Gasteiger partial charge in [0.05, 0.1) is 24.8 Å². The van der Waals surface area contributed by atoms with Gasteiger partial charge < -0.3 is 19.1 Å². The van der Waals surface area contributed by atoms with E-state index in [1.54, 1.807) is 58.0 Å². The fraction of sp³-hybridized carbons (Fsp3) is 0.522. The highest BCUT2D eigenvalue weighted by molar-refractivity contribution is 7.71. The molecule has 0 aliphatic carbocycles. The van der Waals surface area contributed by atoms with Crippen molar-refractivity contribution in [3.8, 4) is 5.75 Å². The maximum absolute atomic E-state index is 13.7. The first kappa shape index (κ1) is 28.6. The van der Waals surface area contributed by atoms with E-state index < -0.39 is 49.0 Å². The lowest BCUT2D eigenvalue weighted by Gasteiger charge is -2.24. The molecular weight excluding hydrogens is 531 g/mol. The average molecular weight is 561 g/mol. The van der Waals surface area contributed by atoms with Crippen LogP contribution in [0.1, 0.15) is 32.6 Å². The number of halogens is 1. The van der Waals surface area contributed by atoms with Crippen molar-refractivity contribution in [3.05, 3.63) is 57.2 Å². The van der Waals surface area contributed by atoms with Gasteiger partial charge in [-0.15, -0.1) is 11.6 Å². The molecule has 0 spiro atoms. The largest absolute Gasteiger partial charge is 0.463 e. The molecule has 1 aliphatic heterocycles. The molecule has 1 aliphatic rings. The van der Waals surface area contributed by atoms with E-state index in [9.17, 15) is 19.3 Å². The summed E-state index contributed by atoms with van der Waals surface area (Å²) in [6.45, 7) is 6.34. The smallest absolute Gasteiger partial charge is 0.380 e. The number of aliphatic hydroxyl groups is 1. The van der Waals surface area contributed by atoms with Crippen LogP contribution in [0.4, 0.5) is 0 Å². The van der Waals surface area contributed by atoms with Gasteiger partial charge in [0.2, 0.25) is 0 Å². The number of rotatable bonds is 10. The molecule has 6 atom stereocenters. The molecule has 1 aromatic carbocycles. The average Bonchev–Trinajstić information content (AvgIpc) is 3.08. The van der Waals surface area contributed by atoms with Crippen LogP contribution in [-0.2, 0) is 23.4 Å². The van der Waals surface area contributed by atoms with Crippen LogP contribution in [0.25, 0.3) is 0 Å². The topological polar surface area (TPSA) is 129 Å². The molecule has 2 aromatic rings. The molecule has 36 heavy (non-hydrogen) atoms. The number of carbonyl (C=O) groups excluding carboxylic acids is 1. The van der Waals surface area contributed by atoms with Gasteiger partial charge in [-0.1, -0.05) is 37.3 Å². The monoisotopic (exact) mass is 560 g/mol. The van der Waals surface area contributed by atoms with Crippen LogP contribution in [0.5, 0.6) is 5.75 Å². The Morgan fingerprint density at radius 3 is 2.61 bits per heavy atom. The van der Waals surface area contributed by atoms with Gasteiger partial charge in [0.25, 0.3) is 0 Å². The van der Waals surface area contributed by atoms with E-state index in [-0.39, 0.29) is 29.3 Å². The number of H-pyrrole nitrogens is 1. The molecule has 13 heteroatoms. The molecule has 2 unspecified atom stereocenters. The second-order valence-corrected chi connectivity index (χ2v) is 11.8. The normalized spacial score (nSPS) is 24.3. The minimum atomic E-state index is -3.93. The summed E-state index contributed by atoms with van der Waals surface area (Å²) in [6, 6.07) is 8.38. The van der Waals surface area contributed by atoms with Crippen LogP contribution >= 0.6 is 31.4 Å². The Labute approximate surface area is 219 Å². The minimum Gasteiger partial charge on any atom is -0.463 e. The number of alkyl halides is 1. The third kappa shape index (κ3) is 7.06. The van der Waals surface area contributed by atoms with Gasteiger partial charge in [-0.2, -0.15) is 0 Å². The lowest BCUT2D eigenvalue weighted by atomic mass is 10.2. The maximum Gasteiger partial charge on any atom is 0.380 e. The molecule has 0 radical (unpaired) electrons. The van der Waals surface area contributed by atoms with Gasteiger partial charge in [-0.25, -0.2) is 9.36 Å². The number of nitrogens with one attached hydrogen (secondary N) is 1. The van der Waals surface area contributed by atoms with Crippen LogP contribution in [0.2, 0.25) is 0 Å². The van der Waals surface area contributed by atoms with Crippen LogP contribution in [0.15, 0.2) is 41.3 Å². The van der Waals surface area contributed by atoms with E-state index in [4.69, 9.17) is 42.3 Å². The molecule has 0 saturated carbocycles. The predicted molar refractivity (Wildman–Crippen MR) is 136 cm³/mol. The highest BCUT2D eigenvalue weighted by Gasteiger charge is 2.45. The number of aliphatic hydroxyl groups excluding tert-OH is 1. The zero-order chi connectivity index (χ0) is 26.6. The number of benzene rings is 1. The number of nitrogens with zero attached hydrogens (tertiary/aromatic N) is 1. The molecule has 3 rings (SSSR count). The van der Waals surface area contributed by atoms with E-state index in [1.165, 1.54) is 10.8 Å². The number of para-hydroxylation sites is 1. The fourth-order valence-electron chi connectivity index (χ4n) is 3.54. The zero-order valence-corrected chi connectivity index (χ0v) is 22.8. The molecule has 1 aromatic heterocycles. The SMILES string of the molecule is Cc1cn([C@H]2O[C@@H](COP(=O)(C[C@@H](C)C(=O)OC(C)C)Oc3ccccc3)C(O)[C@H]2Cl)c(=O)[nH]c1=S. The van der Waals surface area contributed by atoms with Crippen LogP contribution in [0.3, 0.4) is 0 Å². The highest BCUT2D eigenvalue weighted by Crippen LogP contribution is 2.50. The number of aromatic nitrogens is 2. The molecule has 0 bridgehead atoms. The lowest BCUT2D eigenvalue weighted by Crippen LogP contribution is -2.33. The number of esters is 1. The Kier molecular flexibility index (Phi) is 9.54. The van der Waals surface area contributed by atoms with Gasteiger partial charge in [-0.05, 0) is 32.9 Å². The standard InChI is InChI=1S/C23H30ClN2O8PS/c1-13(2)32-22(28)15(4)12-35(30,34-16-8-6-5-7-9-16)31-11-17-19(27)18(24)21(33-17)26-10-14(3)20(36)25-23(26)29/h5-10,13,15,17-19,21,27H,11-12H2,1-4H3,(H,25,29,36)/t15-,17+,18-,19?,21+,35?/m1/s1. The first-order valence-electron chi connectivity index (χ1n) is 11.4. The van der Waals surface area contributed by atoms with Crippen molar-refractivity contribution in [2.45, 2.75) is 57.6 Å². The molecular formula is C23H30ClN2O8PS. The van der Waals surface area contributed by atoms with Crippen LogP contribution in [-0.4, -0.2) is 57.1 Å². The quantitative estimate of drug-likeness (QED) is 0.192. The number of hydrogen-bond donors (Lipinski definition) is 2. The summed E-state index contributed by atoms with van der Waals surface area (Å²) in [5.74, 6) is -1.05. The second-order valence-electron chi connectivity index (χ2n) is 8.86. The first-order valence-corrected chi connectivity index (χ1v) is 14.0. The van der Waals surface area contributed by atoms with Crippen LogP contribution < -0.4 is 10.2 Å². The van der Waals surface area contributed by atoms with E-state index in [0.717, 1.165) is 0 Å². The van der Waals surface area contributed by atoms with Crippen molar-refractivity contribution >= 4 is 37.4 Å². The van der Waals surface area contributed by atoms with Gasteiger partial charge in [0, 0.05) is 11.8 Å². The van der Waals surface area contributed by atoms with Gasteiger partial charge in [0.1, 0.15) is 28.0 Å². The van der Waals surface area contributed by atoms with Crippen molar-refractivity contribution in [1.82, 2.24) is 9.55 Å². The van der Waals surface area contributed by atoms with E-state index in [1.807, 2.05) is 0 Å². The molecule has 1 fully saturated rings. The van der Waals surface area contributed by atoms with E-state index in [2.05, 4.69) is 4.98 Å². The Balaban J connectivity index is 1.77. The third-order valence-electron chi connectivity index (χ3n) is 5.39. The molecule has 0 amide bonds. The van der Waals surface area contributed by atoms with Gasteiger partial charge in [0.15, 0.2) is 6.23 Å². The summed E-state index contributed by atoms with van der Waals surface area (Å²) in [6.07, 6.45) is -2.42. The van der Waals surface area contributed by atoms with Gasteiger partial charge in [-0.3, -0.25) is 18.9 Å². The lowest BCUT2D eigenvalue weighted by molar-refractivity contribution is -0.151. The molecule has 2 N–H and O–H groups in total. The van der Waals surface area contributed by atoms with Crippen LogP contribution in [0, 0.1) is 17.5 Å². The summed E-state index contributed by atoms with van der Waals surface area (Å²) in [4.78, 5) is 27.3. The molecule has 198 valence electrons. The minimum absolute atomic E-state index is 0.266. The number of aryl methyl sites for hydroxylation is 1. The fourth-order valence-corrected chi connectivity index (χ4v) is 5.90. The zero-order valence-electron chi connectivity index (χ0n) is 20.3. The molecule has 2 heterocycles. The van der Waals surface area contributed by atoms with Crippen molar-refractivity contribution in [2.24, 2.45) is 5.92 Å². The summed E-state index contributed by atoms with van der Waals surface area (Å²) in [5.41, 5.74) is 0.0693. The predicted octanol–water partition coefficient (Wildman–Crippen LogP) is 3.96. The Hall–Kier alpha value is -2.01. The number of aromatic amines is 1.